The average molecular weight is 334 g/mol. The zero-order chi connectivity index (χ0) is 17.0. The van der Waals surface area contributed by atoms with Crippen LogP contribution in [0.5, 0.6) is 0 Å². The molecule has 0 saturated carbocycles. The Hall–Kier alpha value is -1.53. The Labute approximate surface area is 142 Å². The molecule has 1 aliphatic rings. The van der Waals surface area contributed by atoms with E-state index in [1.807, 2.05) is 32.4 Å². The third-order valence-corrected chi connectivity index (χ3v) is 4.50. The minimum atomic E-state index is -0.549. The van der Waals surface area contributed by atoms with Crippen LogP contribution in [0, 0.1) is 6.92 Å². The van der Waals surface area contributed by atoms with Crippen molar-refractivity contribution in [2.45, 2.75) is 45.8 Å². The molecule has 2 heterocycles. The summed E-state index contributed by atoms with van der Waals surface area (Å²) in [5.41, 5.74) is 3.90. The van der Waals surface area contributed by atoms with Gasteiger partial charge in [0.2, 0.25) is 0 Å². The van der Waals surface area contributed by atoms with E-state index in [-0.39, 0.29) is 5.56 Å². The molecular formula is C17H26N4OS. The molecule has 0 amide bonds. The molecule has 126 valence electrons. The molecule has 0 bridgehead atoms. The van der Waals surface area contributed by atoms with Crippen LogP contribution in [0.1, 0.15) is 44.2 Å². The van der Waals surface area contributed by atoms with Gasteiger partial charge in [0, 0.05) is 30.6 Å². The van der Waals surface area contributed by atoms with E-state index in [2.05, 4.69) is 23.2 Å². The van der Waals surface area contributed by atoms with Crippen LogP contribution in [-0.2, 0) is 7.05 Å². The molecule has 1 unspecified atom stereocenters. The zero-order valence-corrected chi connectivity index (χ0v) is 15.4. The van der Waals surface area contributed by atoms with Crippen LogP contribution >= 0.6 is 11.9 Å². The van der Waals surface area contributed by atoms with Crippen molar-refractivity contribution in [3.8, 4) is 0 Å². The normalized spacial score (nSPS) is 20.7. The number of hydrogen-bond acceptors (Lipinski definition) is 5. The number of allylic oxidation sites excluding steroid dienone is 1. The van der Waals surface area contributed by atoms with Gasteiger partial charge < -0.3 is 9.88 Å². The van der Waals surface area contributed by atoms with Crippen molar-refractivity contribution in [1.82, 2.24) is 14.6 Å². The first-order valence-corrected chi connectivity index (χ1v) is 9.17. The first-order valence-electron chi connectivity index (χ1n) is 7.95. The Kier molecular flexibility index (Phi) is 5.70. The SMILES string of the molecule is CCCCC1=CNC(C)(NSC)N=C1c1cc(C)c(=O)n(C)c1. The lowest BCUT2D eigenvalue weighted by molar-refractivity contribution is 0.400. The summed E-state index contributed by atoms with van der Waals surface area (Å²) in [6.07, 6.45) is 9.13. The van der Waals surface area contributed by atoms with E-state index in [1.165, 1.54) is 17.5 Å². The van der Waals surface area contributed by atoms with Crippen LogP contribution < -0.4 is 15.6 Å². The Morgan fingerprint density at radius 3 is 2.83 bits per heavy atom. The van der Waals surface area contributed by atoms with E-state index in [0.29, 0.717) is 0 Å². The summed E-state index contributed by atoms with van der Waals surface area (Å²) in [7, 11) is 1.79. The second kappa shape index (κ2) is 7.36. The average Bonchev–Trinajstić information content (AvgIpc) is 2.51. The molecule has 1 aliphatic heterocycles. The van der Waals surface area contributed by atoms with Crippen molar-refractivity contribution in [2.75, 3.05) is 6.26 Å². The van der Waals surface area contributed by atoms with Gasteiger partial charge in [0.1, 0.15) is 0 Å². The lowest BCUT2D eigenvalue weighted by Crippen LogP contribution is -2.50. The van der Waals surface area contributed by atoms with Gasteiger partial charge in [-0.15, -0.1) is 0 Å². The Bertz CT molecular complexity index is 666. The summed E-state index contributed by atoms with van der Waals surface area (Å²) < 4.78 is 4.91. The fraction of sp³-hybridized carbons (Fsp3) is 0.529. The summed E-state index contributed by atoms with van der Waals surface area (Å²) in [6.45, 7) is 6.04. The molecule has 0 fully saturated rings. The molecule has 1 aromatic rings. The number of rotatable bonds is 6. The fourth-order valence-electron chi connectivity index (χ4n) is 2.69. The molecule has 0 saturated heterocycles. The van der Waals surface area contributed by atoms with Crippen molar-refractivity contribution >= 4 is 17.7 Å². The number of unbranched alkanes of at least 4 members (excludes halogenated alkanes) is 1. The quantitative estimate of drug-likeness (QED) is 0.785. The summed E-state index contributed by atoms with van der Waals surface area (Å²) in [6, 6.07) is 1.94. The van der Waals surface area contributed by atoms with Crippen LogP contribution in [-0.4, -0.2) is 22.3 Å². The summed E-state index contributed by atoms with van der Waals surface area (Å²) in [4.78, 5) is 16.9. The molecule has 1 aromatic heterocycles. The molecule has 5 nitrogen and oxygen atoms in total. The Morgan fingerprint density at radius 2 is 2.22 bits per heavy atom. The second-order valence-corrected chi connectivity index (χ2v) is 6.70. The predicted octanol–water partition coefficient (Wildman–Crippen LogP) is 2.70. The Morgan fingerprint density at radius 1 is 1.48 bits per heavy atom. The maximum Gasteiger partial charge on any atom is 0.253 e. The standard InChI is InChI=1S/C17H26N4OS/c1-6-7-8-13-10-18-17(3,20-23-5)19-15(13)14-9-12(2)16(22)21(4)11-14/h9-11,18,20H,6-8H2,1-5H3. The first-order chi connectivity index (χ1) is 10.9. The van der Waals surface area contributed by atoms with Gasteiger partial charge in [-0.2, -0.15) is 0 Å². The number of hydrogen-bond donors (Lipinski definition) is 2. The fourth-order valence-corrected chi connectivity index (χ4v) is 3.19. The number of nitrogens with one attached hydrogen (secondary N) is 2. The van der Waals surface area contributed by atoms with Gasteiger partial charge in [-0.3, -0.25) is 4.79 Å². The molecule has 0 aromatic carbocycles. The third kappa shape index (κ3) is 4.06. The lowest BCUT2D eigenvalue weighted by Gasteiger charge is -2.32. The van der Waals surface area contributed by atoms with Crippen molar-refractivity contribution < 1.29 is 0 Å². The molecule has 23 heavy (non-hydrogen) atoms. The summed E-state index contributed by atoms with van der Waals surface area (Å²) in [5, 5.41) is 3.35. The molecule has 2 N–H and O–H groups in total. The molecule has 0 radical (unpaired) electrons. The van der Waals surface area contributed by atoms with E-state index < -0.39 is 5.79 Å². The minimum Gasteiger partial charge on any atom is -0.354 e. The monoisotopic (exact) mass is 334 g/mol. The van der Waals surface area contributed by atoms with Crippen molar-refractivity contribution in [3.63, 3.8) is 0 Å². The lowest BCUT2D eigenvalue weighted by atomic mass is 9.97. The molecule has 1 atom stereocenters. The van der Waals surface area contributed by atoms with Gasteiger partial charge in [-0.1, -0.05) is 25.3 Å². The molecular weight excluding hydrogens is 308 g/mol. The minimum absolute atomic E-state index is 0.0346. The van der Waals surface area contributed by atoms with Gasteiger partial charge in [-0.05, 0) is 44.6 Å². The van der Waals surface area contributed by atoms with Crippen LogP contribution in [0.2, 0.25) is 0 Å². The molecule has 0 spiro atoms. The van der Waals surface area contributed by atoms with Crippen LogP contribution in [0.15, 0.2) is 33.8 Å². The molecule has 0 aliphatic carbocycles. The van der Waals surface area contributed by atoms with Gasteiger partial charge in [0.15, 0.2) is 5.79 Å². The highest BCUT2D eigenvalue weighted by Crippen LogP contribution is 2.22. The highest BCUT2D eigenvalue weighted by molar-refractivity contribution is 7.96. The summed E-state index contributed by atoms with van der Waals surface area (Å²) in [5.74, 6) is -0.549. The van der Waals surface area contributed by atoms with Crippen molar-refractivity contribution in [2.24, 2.45) is 12.0 Å². The Balaban J connectivity index is 2.48. The number of pyridine rings is 1. The highest BCUT2D eigenvalue weighted by Gasteiger charge is 2.27. The predicted molar refractivity (Wildman–Crippen MR) is 98.8 cm³/mol. The van der Waals surface area contributed by atoms with Gasteiger partial charge >= 0.3 is 0 Å². The number of nitrogens with zero attached hydrogens (tertiary/aromatic N) is 2. The van der Waals surface area contributed by atoms with Crippen LogP contribution in [0.4, 0.5) is 0 Å². The van der Waals surface area contributed by atoms with E-state index in [9.17, 15) is 4.79 Å². The van der Waals surface area contributed by atoms with Crippen molar-refractivity contribution in [1.29, 1.82) is 0 Å². The summed E-state index contributed by atoms with van der Waals surface area (Å²) >= 11 is 1.53. The number of aliphatic imine (C=N–C) groups is 1. The number of aryl methyl sites for hydroxylation is 2. The maximum atomic E-state index is 12.0. The van der Waals surface area contributed by atoms with Crippen LogP contribution in [0.3, 0.4) is 0 Å². The topological polar surface area (TPSA) is 58.4 Å². The maximum absolute atomic E-state index is 12.0. The zero-order valence-electron chi connectivity index (χ0n) is 14.6. The van der Waals surface area contributed by atoms with Crippen molar-refractivity contribution in [3.05, 3.63) is 45.5 Å². The van der Waals surface area contributed by atoms with Crippen LogP contribution in [0.25, 0.3) is 0 Å². The molecule has 6 heteroatoms. The first kappa shape index (κ1) is 17.8. The van der Waals surface area contributed by atoms with E-state index >= 15 is 0 Å². The highest BCUT2D eigenvalue weighted by atomic mass is 32.2. The van der Waals surface area contributed by atoms with Gasteiger partial charge in [-0.25, -0.2) is 9.71 Å². The van der Waals surface area contributed by atoms with E-state index in [0.717, 1.165) is 36.1 Å². The second-order valence-electron chi connectivity index (χ2n) is 6.08. The van der Waals surface area contributed by atoms with E-state index in [1.54, 1.807) is 11.6 Å². The van der Waals surface area contributed by atoms with E-state index in [4.69, 9.17) is 4.99 Å². The molecule has 2 rings (SSSR count). The smallest absolute Gasteiger partial charge is 0.253 e. The van der Waals surface area contributed by atoms with Gasteiger partial charge in [0.05, 0.1) is 5.71 Å². The largest absolute Gasteiger partial charge is 0.354 e. The third-order valence-electron chi connectivity index (χ3n) is 3.90. The van der Waals surface area contributed by atoms with Gasteiger partial charge in [0.25, 0.3) is 5.56 Å². The number of aromatic nitrogens is 1.